The van der Waals surface area contributed by atoms with Crippen molar-refractivity contribution < 1.29 is 25.9 Å². The molecule has 0 amide bonds. The number of rotatable bonds is 72. The van der Waals surface area contributed by atoms with E-state index in [1.807, 2.05) is 12.1 Å². The molecule has 0 heterocycles. The smallest absolute Gasteiger partial charge is 0.744 e. The Labute approximate surface area is 611 Å². The van der Waals surface area contributed by atoms with Crippen molar-refractivity contribution in [2.45, 2.75) is 473 Å². The molecule has 0 saturated heterocycles. The molecule has 93 heavy (non-hydrogen) atoms. The van der Waals surface area contributed by atoms with Crippen molar-refractivity contribution in [1.29, 1.82) is 0 Å². The van der Waals surface area contributed by atoms with Crippen LogP contribution >= 0.6 is 0 Å². The molecule has 0 aliphatic carbocycles. The summed E-state index contributed by atoms with van der Waals surface area (Å²) in [5.74, 6) is 0. The Hall–Kier alpha value is -0.480. The zero-order valence-corrected chi connectivity index (χ0v) is 65.9. The van der Waals surface area contributed by atoms with Gasteiger partial charge in [0.15, 0.2) is 0 Å². The quantitative estimate of drug-likeness (QED) is 0.0370. The van der Waals surface area contributed by atoms with Gasteiger partial charge < -0.3 is 9.11 Å². The molecule has 0 aromatic heterocycles. The van der Waals surface area contributed by atoms with Crippen LogP contribution in [0.2, 0.25) is 0 Å². The van der Waals surface area contributed by atoms with Gasteiger partial charge in [-0.3, -0.25) is 0 Å². The molecule has 0 atom stereocenters. The Morgan fingerprint density at radius 1 is 0.215 bits per heavy atom. The van der Waals surface area contributed by atoms with E-state index in [-0.39, 0.29) is 47.5 Å². The van der Waals surface area contributed by atoms with Crippen molar-refractivity contribution in [1.82, 2.24) is 0 Å². The maximum absolute atomic E-state index is 11.2. The van der Waals surface area contributed by atoms with Crippen LogP contribution in [0.1, 0.15) is 462 Å². The predicted octanol–water partition coefficient (Wildman–Crippen LogP) is 28.5. The maximum Gasteiger partial charge on any atom is 2.00 e. The van der Waals surface area contributed by atoms with E-state index in [0.29, 0.717) is 0 Å². The van der Waals surface area contributed by atoms with Crippen LogP contribution in [0.4, 0.5) is 0 Å². The average Bonchev–Trinajstić information content (AvgIpc) is 2.37. The first-order valence-electron chi connectivity index (χ1n) is 41.2. The van der Waals surface area contributed by atoms with Crippen molar-refractivity contribution in [3.05, 3.63) is 59.7 Å². The van der Waals surface area contributed by atoms with Crippen molar-refractivity contribution in [2.24, 2.45) is 0 Å². The molecule has 6 nitrogen and oxygen atoms in total. The third kappa shape index (κ3) is 68.4. The normalized spacial score (nSPS) is 11.7. The van der Waals surface area contributed by atoms with Gasteiger partial charge in [0.2, 0.25) is 0 Å². The Bertz CT molecular complexity index is 1880. The second-order valence-corrected chi connectivity index (χ2v) is 31.8. The fourth-order valence-corrected chi connectivity index (χ4v) is 14.9. The number of unbranched alkanes of at least 4 members (excludes halogenated alkanes) is 66. The van der Waals surface area contributed by atoms with E-state index in [4.69, 9.17) is 0 Å². The molecule has 0 aliphatic heterocycles. The van der Waals surface area contributed by atoms with Crippen LogP contribution in [-0.2, 0) is 33.1 Å². The SMILES string of the molecule is CCCCCCCCCCCCCCCCCCCCCCCCCCCCCCCCCCCCc1cccc(S(=O)(=O)[O-])c1.CCCCCCCCCCCCCCCCCCCCCCCCCCCCCCCCCCCCc1cccc(S(=O)(=O)[O-])c1.[Ca+2]. The van der Waals surface area contributed by atoms with Gasteiger partial charge in [0, 0.05) is 0 Å². The zero-order chi connectivity index (χ0) is 66.5. The molecule has 0 radical (unpaired) electrons. The van der Waals surface area contributed by atoms with Crippen molar-refractivity contribution in [2.75, 3.05) is 0 Å². The monoisotopic (exact) mass is 1360 g/mol. The first-order chi connectivity index (χ1) is 45.1. The van der Waals surface area contributed by atoms with Gasteiger partial charge in [-0.15, -0.1) is 0 Å². The van der Waals surface area contributed by atoms with Crippen molar-refractivity contribution >= 4 is 58.0 Å². The summed E-state index contributed by atoms with van der Waals surface area (Å²) >= 11 is 0. The average molecular weight is 1360 g/mol. The largest absolute Gasteiger partial charge is 2.00 e. The predicted molar refractivity (Wildman–Crippen MR) is 407 cm³/mol. The standard InChI is InChI=1S/2C42H78O3S.Ca/c2*1-2-3-4-5-6-7-8-9-10-11-12-13-14-15-16-17-18-19-20-21-22-23-24-25-26-27-28-29-30-31-32-33-34-35-37-41-38-36-39-42(40-41)46(43,44)45;/h2*36,38-40H,2-35,37H2,1H3,(H,43,44,45);/q;;+2/p-2. The zero-order valence-electron chi connectivity index (χ0n) is 62.1. The van der Waals surface area contributed by atoms with Crippen LogP contribution in [0.25, 0.3) is 0 Å². The van der Waals surface area contributed by atoms with E-state index in [0.717, 1.165) is 36.8 Å². The summed E-state index contributed by atoms with van der Waals surface area (Å²) in [5.41, 5.74) is 1.90. The minimum atomic E-state index is -4.35. The summed E-state index contributed by atoms with van der Waals surface area (Å²) < 4.78 is 66.9. The minimum Gasteiger partial charge on any atom is -0.744 e. The van der Waals surface area contributed by atoms with Gasteiger partial charge in [-0.25, -0.2) is 16.8 Å². The van der Waals surface area contributed by atoms with Gasteiger partial charge in [-0.05, 0) is 61.1 Å². The summed E-state index contributed by atoms with van der Waals surface area (Å²) in [5, 5.41) is 0. The summed E-state index contributed by atoms with van der Waals surface area (Å²) in [6, 6.07) is 13.0. The third-order valence-electron chi connectivity index (χ3n) is 20.0. The van der Waals surface area contributed by atoms with Crippen LogP contribution in [-0.4, -0.2) is 63.7 Å². The van der Waals surface area contributed by atoms with E-state index < -0.39 is 20.2 Å². The maximum atomic E-state index is 11.2. The Morgan fingerprint density at radius 2 is 0.344 bits per heavy atom. The molecule has 0 fully saturated rings. The number of benzene rings is 2. The van der Waals surface area contributed by atoms with Crippen LogP contribution in [0.3, 0.4) is 0 Å². The van der Waals surface area contributed by atoms with Crippen LogP contribution in [0.15, 0.2) is 58.3 Å². The topological polar surface area (TPSA) is 114 Å². The van der Waals surface area contributed by atoms with E-state index in [2.05, 4.69) is 13.8 Å². The molecule has 2 aromatic rings. The summed E-state index contributed by atoms with van der Waals surface area (Å²) in [6.45, 7) is 4.60. The van der Waals surface area contributed by atoms with Crippen LogP contribution in [0.5, 0.6) is 0 Å². The van der Waals surface area contributed by atoms with Gasteiger partial charge in [-0.2, -0.15) is 0 Å². The van der Waals surface area contributed by atoms with Gasteiger partial charge in [0.25, 0.3) is 0 Å². The summed E-state index contributed by atoms with van der Waals surface area (Å²) in [6.07, 6.45) is 98.0. The molecular weight excluding hydrogens is 1210 g/mol. The third-order valence-corrected chi connectivity index (χ3v) is 21.7. The number of aryl methyl sites for hydroxylation is 2. The van der Waals surface area contributed by atoms with Gasteiger partial charge in [-0.1, -0.05) is 462 Å². The molecular formula is C84H154CaO6S2. The minimum absolute atomic E-state index is 0. The van der Waals surface area contributed by atoms with Crippen molar-refractivity contribution in [3.63, 3.8) is 0 Å². The molecule has 9 heteroatoms. The molecule has 0 saturated carbocycles. The molecule has 2 rings (SSSR count). The summed E-state index contributed by atoms with van der Waals surface area (Å²) in [7, 11) is -8.69. The van der Waals surface area contributed by atoms with E-state index >= 15 is 0 Å². The molecule has 0 bridgehead atoms. The van der Waals surface area contributed by atoms with Crippen LogP contribution in [0, 0.1) is 0 Å². The molecule has 0 aliphatic rings. The molecule has 0 spiro atoms. The Morgan fingerprint density at radius 3 is 0.473 bits per heavy atom. The molecule has 0 N–H and O–H groups in total. The molecule has 0 unspecified atom stereocenters. The molecule has 2 aromatic carbocycles. The van der Waals surface area contributed by atoms with Gasteiger partial charge in [0.1, 0.15) is 20.2 Å². The Balaban J connectivity index is 0.00000180. The fraction of sp³-hybridized carbons (Fsp3) is 0.857. The first kappa shape index (κ1) is 92.5. The van der Waals surface area contributed by atoms with E-state index in [9.17, 15) is 25.9 Å². The summed E-state index contributed by atoms with van der Waals surface area (Å²) in [4.78, 5) is -0.211. The van der Waals surface area contributed by atoms with Gasteiger partial charge in [0.05, 0.1) is 9.79 Å². The second kappa shape index (κ2) is 72.8. The fourth-order valence-electron chi connectivity index (χ4n) is 13.8. The van der Waals surface area contributed by atoms with E-state index in [1.165, 1.54) is 448 Å². The van der Waals surface area contributed by atoms with Gasteiger partial charge >= 0.3 is 37.7 Å². The van der Waals surface area contributed by atoms with Crippen LogP contribution < -0.4 is 0 Å². The number of hydrogen-bond donors (Lipinski definition) is 0. The number of hydrogen-bond acceptors (Lipinski definition) is 6. The molecule has 540 valence electrons. The van der Waals surface area contributed by atoms with Crippen molar-refractivity contribution in [3.8, 4) is 0 Å². The Kier molecular flexibility index (Phi) is 72.4. The first-order valence-corrected chi connectivity index (χ1v) is 44.0. The van der Waals surface area contributed by atoms with E-state index in [1.54, 1.807) is 12.1 Å². The second-order valence-electron chi connectivity index (χ2n) is 29.0.